The average Bonchev–Trinajstić information content (AvgIpc) is 3.54. The topological polar surface area (TPSA) is 97.0 Å². The van der Waals surface area contributed by atoms with Gasteiger partial charge in [0.25, 0.3) is 11.8 Å². The van der Waals surface area contributed by atoms with Gasteiger partial charge in [-0.05, 0) is 74.1 Å². The zero-order valence-electron chi connectivity index (χ0n) is 18.6. The van der Waals surface area contributed by atoms with Gasteiger partial charge in [-0.15, -0.1) is 0 Å². The second kappa shape index (κ2) is 9.32. The van der Waals surface area contributed by atoms with Crippen LogP contribution in [-0.4, -0.2) is 54.6 Å². The first kappa shape index (κ1) is 22.2. The maximum atomic E-state index is 13.2. The quantitative estimate of drug-likeness (QED) is 0.681. The summed E-state index contributed by atoms with van der Waals surface area (Å²) in [6.45, 7) is 1.02. The summed E-state index contributed by atoms with van der Waals surface area (Å²) >= 11 is 0. The van der Waals surface area contributed by atoms with E-state index >= 15 is 0 Å². The average molecular weight is 467 g/mol. The number of nitrogens with one attached hydrogen (secondary N) is 2. The van der Waals surface area contributed by atoms with E-state index in [4.69, 9.17) is 9.47 Å². The van der Waals surface area contributed by atoms with Crippen molar-refractivity contribution < 1.29 is 28.2 Å². The van der Waals surface area contributed by atoms with Gasteiger partial charge in [0.1, 0.15) is 11.9 Å². The number of piperidine rings is 1. The molecule has 2 aliphatic heterocycles. The first-order valence-corrected chi connectivity index (χ1v) is 11.5. The molecule has 2 aromatic rings. The molecule has 1 atom stereocenters. The third-order valence-electron chi connectivity index (χ3n) is 6.52. The van der Waals surface area contributed by atoms with E-state index < -0.39 is 11.9 Å². The molecule has 5 rings (SSSR count). The van der Waals surface area contributed by atoms with Gasteiger partial charge in [0.15, 0.2) is 11.5 Å². The largest absolute Gasteiger partial charge is 0.454 e. The summed E-state index contributed by atoms with van der Waals surface area (Å²) in [7, 11) is 0. The second-order valence-electron chi connectivity index (χ2n) is 8.94. The standard InChI is InChI=1S/C25H26FN3O5/c26-18-4-1-16(2-5-18)25(32)29-11-9-15(10-12-29)22(24(31)27-19-6-7-19)28-23(30)17-3-8-20-21(13-17)34-14-33-20/h1-5,8,13,15,19,22H,6-7,9-12,14H2,(H,27,31)(H,28,30). The molecule has 3 amide bonds. The summed E-state index contributed by atoms with van der Waals surface area (Å²) in [6.07, 6.45) is 3.02. The van der Waals surface area contributed by atoms with E-state index in [2.05, 4.69) is 10.6 Å². The van der Waals surface area contributed by atoms with Gasteiger partial charge in [0, 0.05) is 30.3 Å². The number of nitrogens with zero attached hydrogens (tertiary/aromatic N) is 1. The van der Waals surface area contributed by atoms with Gasteiger partial charge >= 0.3 is 0 Å². The molecule has 1 aliphatic carbocycles. The summed E-state index contributed by atoms with van der Waals surface area (Å²) < 4.78 is 23.8. The van der Waals surface area contributed by atoms with Gasteiger partial charge in [-0.2, -0.15) is 0 Å². The van der Waals surface area contributed by atoms with Crippen LogP contribution in [0.15, 0.2) is 42.5 Å². The van der Waals surface area contributed by atoms with Crippen LogP contribution in [0.5, 0.6) is 11.5 Å². The highest BCUT2D eigenvalue weighted by Crippen LogP contribution is 2.32. The normalized spacial score (nSPS) is 18.3. The Morgan fingerprint density at radius 1 is 0.912 bits per heavy atom. The molecule has 178 valence electrons. The maximum absolute atomic E-state index is 13.2. The number of hydrogen-bond acceptors (Lipinski definition) is 5. The molecule has 0 radical (unpaired) electrons. The molecule has 2 heterocycles. The first-order chi connectivity index (χ1) is 16.5. The fourth-order valence-corrected chi connectivity index (χ4v) is 4.39. The molecule has 8 nitrogen and oxygen atoms in total. The van der Waals surface area contributed by atoms with Crippen molar-refractivity contribution in [2.24, 2.45) is 5.92 Å². The smallest absolute Gasteiger partial charge is 0.253 e. The predicted octanol–water partition coefficient (Wildman–Crippen LogP) is 2.48. The van der Waals surface area contributed by atoms with Crippen molar-refractivity contribution in [2.45, 2.75) is 37.8 Å². The van der Waals surface area contributed by atoms with E-state index in [0.717, 1.165) is 12.8 Å². The van der Waals surface area contributed by atoms with E-state index in [-0.39, 0.29) is 36.5 Å². The molecule has 3 aliphatic rings. The number of hydrogen-bond donors (Lipinski definition) is 2. The Balaban J connectivity index is 1.25. The van der Waals surface area contributed by atoms with Crippen molar-refractivity contribution in [2.75, 3.05) is 19.9 Å². The van der Waals surface area contributed by atoms with Crippen LogP contribution in [-0.2, 0) is 4.79 Å². The number of carbonyl (C=O) groups excluding carboxylic acids is 3. The third-order valence-corrected chi connectivity index (χ3v) is 6.52. The Bertz CT molecular complexity index is 1090. The molecule has 0 bridgehead atoms. The molecule has 2 fully saturated rings. The Labute approximate surface area is 196 Å². The fourth-order valence-electron chi connectivity index (χ4n) is 4.39. The molecule has 1 unspecified atom stereocenters. The van der Waals surface area contributed by atoms with Crippen molar-refractivity contribution >= 4 is 17.7 Å². The number of halogens is 1. The minimum atomic E-state index is -0.707. The second-order valence-corrected chi connectivity index (χ2v) is 8.94. The van der Waals surface area contributed by atoms with Crippen LogP contribution < -0.4 is 20.1 Å². The van der Waals surface area contributed by atoms with Gasteiger partial charge in [0.2, 0.25) is 12.7 Å². The van der Waals surface area contributed by atoms with Crippen molar-refractivity contribution in [3.63, 3.8) is 0 Å². The van der Waals surface area contributed by atoms with Crippen LogP contribution in [0.3, 0.4) is 0 Å². The lowest BCUT2D eigenvalue weighted by molar-refractivity contribution is -0.124. The predicted molar refractivity (Wildman–Crippen MR) is 120 cm³/mol. The summed E-state index contributed by atoms with van der Waals surface area (Å²) in [5, 5.41) is 5.92. The van der Waals surface area contributed by atoms with Gasteiger partial charge in [-0.3, -0.25) is 14.4 Å². The van der Waals surface area contributed by atoms with E-state index in [9.17, 15) is 18.8 Å². The molecular formula is C25H26FN3O5. The lowest BCUT2D eigenvalue weighted by Gasteiger charge is -2.36. The minimum Gasteiger partial charge on any atom is -0.454 e. The number of ether oxygens (including phenoxy) is 2. The van der Waals surface area contributed by atoms with Gasteiger partial charge in [-0.25, -0.2) is 4.39 Å². The summed E-state index contributed by atoms with van der Waals surface area (Å²) in [6, 6.07) is 9.87. The zero-order valence-corrected chi connectivity index (χ0v) is 18.6. The molecular weight excluding hydrogens is 441 g/mol. The molecule has 2 aromatic carbocycles. The number of fused-ring (bicyclic) bond motifs is 1. The monoisotopic (exact) mass is 467 g/mol. The van der Waals surface area contributed by atoms with Crippen molar-refractivity contribution in [3.8, 4) is 11.5 Å². The van der Waals surface area contributed by atoms with Crippen LogP contribution in [0.2, 0.25) is 0 Å². The first-order valence-electron chi connectivity index (χ1n) is 11.5. The minimum absolute atomic E-state index is 0.113. The van der Waals surface area contributed by atoms with Crippen LogP contribution >= 0.6 is 0 Å². The Kier molecular flexibility index (Phi) is 6.08. The van der Waals surface area contributed by atoms with Crippen molar-refractivity contribution in [1.82, 2.24) is 15.5 Å². The molecule has 0 aromatic heterocycles. The van der Waals surface area contributed by atoms with E-state index in [1.807, 2.05) is 0 Å². The lowest BCUT2D eigenvalue weighted by Crippen LogP contribution is -2.54. The zero-order chi connectivity index (χ0) is 23.7. The molecule has 9 heteroatoms. The third kappa shape index (κ3) is 4.83. The number of benzene rings is 2. The van der Waals surface area contributed by atoms with Crippen LogP contribution in [0.4, 0.5) is 4.39 Å². The maximum Gasteiger partial charge on any atom is 0.253 e. The Morgan fingerprint density at radius 3 is 2.29 bits per heavy atom. The van der Waals surface area contributed by atoms with Gasteiger partial charge in [-0.1, -0.05) is 0 Å². The van der Waals surface area contributed by atoms with E-state index in [1.54, 1.807) is 23.1 Å². The van der Waals surface area contributed by atoms with Gasteiger partial charge < -0.3 is 25.0 Å². The van der Waals surface area contributed by atoms with E-state index in [0.29, 0.717) is 48.6 Å². The highest BCUT2D eigenvalue weighted by Gasteiger charge is 2.36. The Morgan fingerprint density at radius 2 is 1.59 bits per heavy atom. The molecule has 34 heavy (non-hydrogen) atoms. The number of likely N-dealkylation sites (tertiary alicyclic amines) is 1. The summed E-state index contributed by atoms with van der Waals surface area (Å²) in [4.78, 5) is 40.5. The number of amides is 3. The SMILES string of the molecule is O=C(NC(C(=O)NC1CC1)C1CCN(C(=O)c2ccc(F)cc2)CC1)c1ccc2c(c1)OCO2. The Hall–Kier alpha value is -3.62. The highest BCUT2D eigenvalue weighted by molar-refractivity contribution is 5.98. The van der Waals surface area contributed by atoms with Crippen molar-refractivity contribution in [1.29, 1.82) is 0 Å². The van der Waals surface area contributed by atoms with Gasteiger partial charge in [0.05, 0.1) is 0 Å². The molecule has 0 spiro atoms. The molecule has 1 saturated carbocycles. The molecule has 1 saturated heterocycles. The van der Waals surface area contributed by atoms with Crippen LogP contribution in [0.1, 0.15) is 46.4 Å². The highest BCUT2D eigenvalue weighted by atomic mass is 19.1. The fraction of sp³-hybridized carbons (Fsp3) is 0.400. The lowest BCUT2D eigenvalue weighted by atomic mass is 9.88. The summed E-state index contributed by atoms with van der Waals surface area (Å²) in [5.41, 5.74) is 0.816. The van der Waals surface area contributed by atoms with E-state index in [1.165, 1.54) is 24.3 Å². The number of rotatable bonds is 6. The van der Waals surface area contributed by atoms with Crippen LogP contribution in [0, 0.1) is 11.7 Å². The summed E-state index contributed by atoms with van der Waals surface area (Å²) in [5.74, 6) is -0.148. The van der Waals surface area contributed by atoms with Crippen molar-refractivity contribution in [3.05, 3.63) is 59.4 Å². The molecule has 2 N–H and O–H groups in total. The number of carbonyl (C=O) groups is 3. The van der Waals surface area contributed by atoms with Crippen LogP contribution in [0.25, 0.3) is 0 Å².